The van der Waals surface area contributed by atoms with Gasteiger partial charge in [0.15, 0.2) is 5.13 Å². The third-order valence-electron chi connectivity index (χ3n) is 3.99. The fourth-order valence-electron chi connectivity index (χ4n) is 2.62. The maximum atomic E-state index is 13.2. The van der Waals surface area contributed by atoms with Crippen LogP contribution in [0, 0.1) is 6.92 Å². The summed E-state index contributed by atoms with van der Waals surface area (Å²) in [7, 11) is 3.98. The lowest BCUT2D eigenvalue weighted by molar-refractivity contribution is 0.0984. The molecule has 0 aliphatic carbocycles. The van der Waals surface area contributed by atoms with Crippen LogP contribution in [0.5, 0.6) is 0 Å². The predicted molar refractivity (Wildman–Crippen MR) is 114 cm³/mol. The van der Waals surface area contributed by atoms with Crippen LogP contribution >= 0.6 is 38.9 Å². The standard InChI is InChI=1S/C19H19BrClN3OS/c1-12-10-13(21)11-16-17(12)22-19(26-16)24(9-8-23(2)3)18(25)14-6-4-5-7-15(14)20/h4-7,10-11H,8-9H2,1-3H3. The molecular weight excluding hydrogens is 434 g/mol. The second kappa shape index (κ2) is 8.05. The molecule has 0 radical (unpaired) electrons. The van der Waals surface area contributed by atoms with Crippen LogP contribution in [0.15, 0.2) is 40.9 Å². The summed E-state index contributed by atoms with van der Waals surface area (Å²) in [5, 5.41) is 1.37. The molecule has 0 atom stereocenters. The zero-order valence-corrected chi connectivity index (χ0v) is 18.0. The number of benzene rings is 2. The molecule has 1 heterocycles. The molecule has 0 bridgehead atoms. The number of aromatic nitrogens is 1. The number of aryl methyl sites for hydroxylation is 1. The van der Waals surface area contributed by atoms with Gasteiger partial charge in [0, 0.05) is 22.6 Å². The van der Waals surface area contributed by atoms with E-state index in [1.165, 1.54) is 11.3 Å². The number of carbonyl (C=O) groups excluding carboxylic acids is 1. The average molecular weight is 453 g/mol. The number of likely N-dealkylation sites (N-methyl/N-ethyl adjacent to an activating group) is 1. The number of halogens is 2. The lowest BCUT2D eigenvalue weighted by Crippen LogP contribution is -2.36. The highest BCUT2D eigenvalue weighted by molar-refractivity contribution is 9.10. The van der Waals surface area contributed by atoms with Crippen LogP contribution in [0.25, 0.3) is 10.2 Å². The van der Waals surface area contributed by atoms with Crippen molar-refractivity contribution in [1.82, 2.24) is 9.88 Å². The summed E-state index contributed by atoms with van der Waals surface area (Å²) in [6.45, 7) is 3.28. The summed E-state index contributed by atoms with van der Waals surface area (Å²) in [5.74, 6) is -0.0675. The molecular formula is C19H19BrClN3OS. The van der Waals surface area contributed by atoms with Crippen LogP contribution in [0.1, 0.15) is 15.9 Å². The average Bonchev–Trinajstić information content (AvgIpc) is 2.99. The van der Waals surface area contributed by atoms with Crippen molar-refractivity contribution in [2.45, 2.75) is 6.92 Å². The molecule has 136 valence electrons. The highest BCUT2D eigenvalue weighted by Gasteiger charge is 2.23. The van der Waals surface area contributed by atoms with E-state index in [4.69, 9.17) is 16.6 Å². The minimum Gasteiger partial charge on any atom is -0.308 e. The summed E-state index contributed by atoms with van der Waals surface area (Å²) >= 11 is 11.2. The van der Waals surface area contributed by atoms with Crippen LogP contribution in [0.4, 0.5) is 5.13 Å². The lowest BCUT2D eigenvalue weighted by Gasteiger charge is -2.22. The van der Waals surface area contributed by atoms with Gasteiger partial charge in [-0.1, -0.05) is 35.1 Å². The Morgan fingerprint density at radius 1 is 1.23 bits per heavy atom. The maximum absolute atomic E-state index is 13.2. The van der Waals surface area contributed by atoms with Crippen molar-refractivity contribution in [2.75, 3.05) is 32.1 Å². The summed E-state index contributed by atoms with van der Waals surface area (Å²) < 4.78 is 1.76. The Hall–Kier alpha value is -1.47. The minimum atomic E-state index is -0.0675. The Labute approximate surface area is 170 Å². The molecule has 0 N–H and O–H groups in total. The summed E-state index contributed by atoms with van der Waals surface area (Å²) in [5.41, 5.74) is 2.53. The van der Waals surface area contributed by atoms with E-state index < -0.39 is 0 Å². The minimum absolute atomic E-state index is 0.0675. The predicted octanol–water partition coefficient (Wildman–Crippen LogP) is 5.23. The van der Waals surface area contributed by atoms with E-state index in [0.717, 1.165) is 26.8 Å². The van der Waals surface area contributed by atoms with E-state index in [9.17, 15) is 4.79 Å². The van der Waals surface area contributed by atoms with Crippen molar-refractivity contribution in [1.29, 1.82) is 0 Å². The Morgan fingerprint density at radius 2 is 1.96 bits per heavy atom. The van der Waals surface area contributed by atoms with Gasteiger partial charge >= 0.3 is 0 Å². The van der Waals surface area contributed by atoms with Crippen molar-refractivity contribution >= 4 is 60.1 Å². The van der Waals surface area contributed by atoms with Gasteiger partial charge in [0.1, 0.15) is 0 Å². The number of thiazole rings is 1. The molecule has 0 aliphatic rings. The second-order valence-corrected chi connectivity index (χ2v) is 8.61. The molecule has 1 aromatic heterocycles. The molecule has 3 rings (SSSR count). The molecule has 7 heteroatoms. The number of rotatable bonds is 5. The molecule has 1 amide bonds. The first kappa shape index (κ1) is 19.3. The van der Waals surface area contributed by atoms with Crippen molar-refractivity contribution in [3.63, 3.8) is 0 Å². The van der Waals surface area contributed by atoms with Gasteiger partial charge in [0.2, 0.25) is 0 Å². The Kier molecular flexibility index (Phi) is 5.97. The number of hydrogen-bond donors (Lipinski definition) is 0. The van der Waals surface area contributed by atoms with Crippen LogP contribution in [-0.4, -0.2) is 43.0 Å². The van der Waals surface area contributed by atoms with E-state index in [2.05, 4.69) is 20.8 Å². The third kappa shape index (κ3) is 4.09. The van der Waals surface area contributed by atoms with E-state index in [0.29, 0.717) is 22.3 Å². The SMILES string of the molecule is Cc1cc(Cl)cc2sc(N(CCN(C)C)C(=O)c3ccccc3Br)nc12. The van der Waals surface area contributed by atoms with E-state index >= 15 is 0 Å². The highest BCUT2D eigenvalue weighted by atomic mass is 79.9. The molecule has 0 aliphatic heterocycles. The number of anilines is 1. The van der Waals surface area contributed by atoms with Gasteiger partial charge in [-0.25, -0.2) is 4.98 Å². The van der Waals surface area contributed by atoms with Crippen molar-refractivity contribution in [3.05, 3.63) is 57.0 Å². The van der Waals surface area contributed by atoms with Gasteiger partial charge in [-0.3, -0.25) is 9.69 Å². The van der Waals surface area contributed by atoms with Crippen LogP contribution < -0.4 is 4.90 Å². The largest absolute Gasteiger partial charge is 0.308 e. The zero-order chi connectivity index (χ0) is 18.8. The molecule has 0 spiro atoms. The second-order valence-electron chi connectivity index (χ2n) is 6.31. The molecule has 4 nitrogen and oxygen atoms in total. The number of amides is 1. The summed E-state index contributed by atoms with van der Waals surface area (Å²) in [6, 6.07) is 11.3. The van der Waals surface area contributed by atoms with Crippen LogP contribution in [0.3, 0.4) is 0 Å². The topological polar surface area (TPSA) is 36.4 Å². The maximum Gasteiger partial charge on any atom is 0.261 e. The fraction of sp³-hybridized carbons (Fsp3) is 0.263. The highest BCUT2D eigenvalue weighted by Crippen LogP contribution is 2.34. The first-order valence-electron chi connectivity index (χ1n) is 8.14. The monoisotopic (exact) mass is 451 g/mol. The number of fused-ring (bicyclic) bond motifs is 1. The molecule has 3 aromatic rings. The van der Waals surface area contributed by atoms with Gasteiger partial charge in [-0.2, -0.15) is 0 Å². The molecule has 0 saturated heterocycles. The van der Waals surface area contributed by atoms with Gasteiger partial charge in [0.25, 0.3) is 5.91 Å². The van der Waals surface area contributed by atoms with Crippen LogP contribution in [0.2, 0.25) is 5.02 Å². The van der Waals surface area contributed by atoms with E-state index in [1.54, 1.807) is 4.90 Å². The van der Waals surface area contributed by atoms with Gasteiger partial charge < -0.3 is 4.90 Å². The lowest BCUT2D eigenvalue weighted by atomic mass is 10.2. The molecule has 2 aromatic carbocycles. The molecule has 0 saturated carbocycles. The third-order valence-corrected chi connectivity index (χ3v) is 5.93. The normalized spacial score (nSPS) is 11.3. The Morgan fingerprint density at radius 3 is 2.65 bits per heavy atom. The molecule has 0 fully saturated rings. The quantitative estimate of drug-likeness (QED) is 0.532. The van der Waals surface area contributed by atoms with E-state index in [-0.39, 0.29) is 5.91 Å². The fourth-order valence-corrected chi connectivity index (χ4v) is 4.52. The smallest absolute Gasteiger partial charge is 0.261 e. The van der Waals surface area contributed by atoms with Gasteiger partial charge in [-0.15, -0.1) is 0 Å². The van der Waals surface area contributed by atoms with E-state index in [1.807, 2.05) is 57.4 Å². The summed E-state index contributed by atoms with van der Waals surface area (Å²) in [4.78, 5) is 21.8. The van der Waals surface area contributed by atoms with Crippen molar-refractivity contribution in [3.8, 4) is 0 Å². The molecule has 0 unspecified atom stereocenters. The van der Waals surface area contributed by atoms with Gasteiger partial charge in [-0.05, 0) is 66.8 Å². The Bertz CT molecular complexity index is 957. The van der Waals surface area contributed by atoms with Crippen LogP contribution in [-0.2, 0) is 0 Å². The van der Waals surface area contributed by atoms with Crippen molar-refractivity contribution < 1.29 is 4.79 Å². The Balaban J connectivity index is 2.05. The number of carbonyl (C=O) groups is 1. The number of nitrogens with zero attached hydrogens (tertiary/aromatic N) is 3. The van der Waals surface area contributed by atoms with Gasteiger partial charge in [0.05, 0.1) is 15.8 Å². The first-order chi connectivity index (χ1) is 12.4. The summed E-state index contributed by atoms with van der Waals surface area (Å²) in [6.07, 6.45) is 0. The number of hydrogen-bond acceptors (Lipinski definition) is 4. The first-order valence-corrected chi connectivity index (χ1v) is 10.1. The van der Waals surface area contributed by atoms with Crippen molar-refractivity contribution in [2.24, 2.45) is 0 Å². The molecule has 26 heavy (non-hydrogen) atoms. The zero-order valence-electron chi connectivity index (χ0n) is 14.8.